The van der Waals surface area contributed by atoms with Crippen molar-refractivity contribution in [3.8, 4) is 0 Å². The molecule has 1 aliphatic rings. The number of carbonyl (C=O) groups is 1. The van der Waals surface area contributed by atoms with Crippen LogP contribution in [0.2, 0.25) is 0 Å². The van der Waals surface area contributed by atoms with Crippen molar-refractivity contribution in [3.05, 3.63) is 29.1 Å². The Bertz CT molecular complexity index is 651. The molecule has 0 bridgehead atoms. The molecule has 1 fully saturated rings. The predicted molar refractivity (Wildman–Crippen MR) is 76.4 cm³/mol. The van der Waals surface area contributed by atoms with E-state index in [0.717, 1.165) is 31.7 Å². The van der Waals surface area contributed by atoms with Crippen LogP contribution in [0.3, 0.4) is 0 Å². The molecule has 0 aromatic heterocycles. The molecule has 1 aromatic carbocycles. The van der Waals surface area contributed by atoms with E-state index in [1.165, 1.54) is 13.0 Å². The van der Waals surface area contributed by atoms with Gasteiger partial charge in [0.1, 0.15) is 10.7 Å². The number of halogens is 2. The highest BCUT2D eigenvalue weighted by atomic mass is 35.7. The third-order valence-corrected chi connectivity index (χ3v) is 4.97. The molecular formula is C14H16ClFO4S. The summed E-state index contributed by atoms with van der Waals surface area (Å²) in [6, 6.07) is 2.18. The lowest BCUT2D eigenvalue weighted by molar-refractivity contribution is 0.0442. The van der Waals surface area contributed by atoms with E-state index in [9.17, 15) is 17.6 Å². The van der Waals surface area contributed by atoms with Crippen molar-refractivity contribution in [2.45, 2.75) is 37.5 Å². The monoisotopic (exact) mass is 334 g/mol. The molecule has 0 atom stereocenters. The third kappa shape index (κ3) is 3.95. The van der Waals surface area contributed by atoms with E-state index < -0.39 is 25.7 Å². The molecule has 1 aromatic rings. The Morgan fingerprint density at radius 2 is 2.00 bits per heavy atom. The molecule has 0 spiro atoms. The second kappa shape index (κ2) is 6.32. The fraction of sp³-hybridized carbons (Fsp3) is 0.500. The van der Waals surface area contributed by atoms with Crippen molar-refractivity contribution in [1.82, 2.24) is 0 Å². The van der Waals surface area contributed by atoms with Gasteiger partial charge in [0.15, 0.2) is 0 Å². The Kier molecular flexibility index (Phi) is 4.88. The molecule has 4 nitrogen and oxygen atoms in total. The molecule has 21 heavy (non-hydrogen) atoms. The van der Waals surface area contributed by atoms with Crippen molar-refractivity contribution in [1.29, 1.82) is 0 Å². The van der Waals surface area contributed by atoms with Gasteiger partial charge in [0.05, 0.1) is 12.2 Å². The maximum absolute atomic E-state index is 13.8. The molecule has 2 rings (SSSR count). The topological polar surface area (TPSA) is 60.4 Å². The number of carbonyl (C=O) groups excluding carboxylic acids is 1. The molecule has 7 heteroatoms. The first-order valence-corrected chi connectivity index (χ1v) is 9.02. The van der Waals surface area contributed by atoms with Crippen molar-refractivity contribution < 1.29 is 22.3 Å². The van der Waals surface area contributed by atoms with Crippen molar-refractivity contribution in [2.75, 3.05) is 6.61 Å². The summed E-state index contributed by atoms with van der Waals surface area (Å²) in [5, 5.41) is 0. The summed E-state index contributed by atoms with van der Waals surface area (Å²) in [7, 11) is 0.920. The zero-order valence-corrected chi connectivity index (χ0v) is 13.1. The molecule has 1 saturated carbocycles. The summed E-state index contributed by atoms with van der Waals surface area (Å²) in [4.78, 5) is 11.3. The van der Waals surface area contributed by atoms with Gasteiger partial charge in [0, 0.05) is 10.7 Å². The highest BCUT2D eigenvalue weighted by Crippen LogP contribution is 2.26. The van der Waals surface area contributed by atoms with E-state index in [-0.39, 0.29) is 11.1 Å². The van der Waals surface area contributed by atoms with Crippen LogP contribution < -0.4 is 0 Å². The van der Waals surface area contributed by atoms with Crippen LogP contribution in [0.4, 0.5) is 4.39 Å². The molecule has 116 valence electrons. The van der Waals surface area contributed by atoms with Gasteiger partial charge in [0.25, 0.3) is 9.05 Å². The number of hydrogen-bond donors (Lipinski definition) is 0. The van der Waals surface area contributed by atoms with E-state index in [1.807, 2.05) is 0 Å². The summed E-state index contributed by atoms with van der Waals surface area (Å²) in [5.74, 6) is -1.25. The highest BCUT2D eigenvalue weighted by molar-refractivity contribution is 8.13. The first-order valence-electron chi connectivity index (χ1n) is 6.71. The van der Waals surface area contributed by atoms with Crippen LogP contribution in [0.1, 0.15) is 41.6 Å². The van der Waals surface area contributed by atoms with Crippen molar-refractivity contribution in [2.24, 2.45) is 5.92 Å². The summed E-state index contributed by atoms with van der Waals surface area (Å²) >= 11 is 0. The third-order valence-electron chi connectivity index (χ3n) is 3.64. The van der Waals surface area contributed by atoms with Gasteiger partial charge < -0.3 is 4.74 Å². The molecule has 0 radical (unpaired) electrons. The standard InChI is InChI=1S/C14H16ClFO4S/c1-9-6-11(7-12(13(9)16)21(15,18)19)14(17)20-8-10-4-2-3-5-10/h6-7,10H,2-5,8H2,1H3. The normalized spacial score (nSPS) is 16.1. The van der Waals surface area contributed by atoms with Gasteiger partial charge in [-0.1, -0.05) is 12.8 Å². The molecule has 0 heterocycles. The largest absolute Gasteiger partial charge is 0.462 e. The van der Waals surface area contributed by atoms with Gasteiger partial charge in [-0.25, -0.2) is 17.6 Å². The molecule has 0 amide bonds. The Balaban J connectivity index is 2.19. The minimum Gasteiger partial charge on any atom is -0.462 e. The number of benzene rings is 1. The molecule has 0 saturated heterocycles. The predicted octanol–water partition coefficient (Wildman–Crippen LogP) is 3.41. The van der Waals surface area contributed by atoms with Gasteiger partial charge in [-0.2, -0.15) is 0 Å². The van der Waals surface area contributed by atoms with E-state index in [4.69, 9.17) is 15.4 Å². The van der Waals surface area contributed by atoms with Gasteiger partial charge in [-0.3, -0.25) is 0 Å². The lowest BCUT2D eigenvalue weighted by Gasteiger charge is -2.11. The lowest BCUT2D eigenvalue weighted by Crippen LogP contribution is -2.13. The maximum Gasteiger partial charge on any atom is 0.338 e. The minimum atomic E-state index is -4.25. The Morgan fingerprint density at radius 3 is 2.57 bits per heavy atom. The molecule has 0 aliphatic heterocycles. The average molecular weight is 335 g/mol. The van der Waals surface area contributed by atoms with Gasteiger partial charge in [0.2, 0.25) is 0 Å². The summed E-state index contributed by atoms with van der Waals surface area (Å²) in [6.45, 7) is 1.67. The van der Waals surface area contributed by atoms with E-state index in [0.29, 0.717) is 12.5 Å². The SMILES string of the molecule is Cc1cc(C(=O)OCC2CCCC2)cc(S(=O)(=O)Cl)c1F. The van der Waals surface area contributed by atoms with Crippen LogP contribution >= 0.6 is 10.7 Å². The summed E-state index contributed by atoms with van der Waals surface area (Å²) in [6.07, 6.45) is 4.31. The highest BCUT2D eigenvalue weighted by Gasteiger charge is 2.23. The average Bonchev–Trinajstić information content (AvgIpc) is 2.90. The van der Waals surface area contributed by atoms with Crippen LogP contribution in [0.5, 0.6) is 0 Å². The van der Waals surface area contributed by atoms with Gasteiger partial charge in [-0.15, -0.1) is 0 Å². The fourth-order valence-electron chi connectivity index (χ4n) is 2.49. The Labute approximate surface area is 127 Å². The van der Waals surface area contributed by atoms with Crippen molar-refractivity contribution in [3.63, 3.8) is 0 Å². The van der Waals surface area contributed by atoms with Crippen molar-refractivity contribution >= 4 is 25.7 Å². The second-order valence-electron chi connectivity index (χ2n) is 5.29. The molecular weight excluding hydrogens is 319 g/mol. The van der Waals surface area contributed by atoms with E-state index >= 15 is 0 Å². The van der Waals surface area contributed by atoms with Gasteiger partial charge >= 0.3 is 5.97 Å². The summed E-state index contributed by atoms with van der Waals surface area (Å²) < 4.78 is 41.6. The summed E-state index contributed by atoms with van der Waals surface area (Å²) in [5.41, 5.74) is 0.0238. The zero-order valence-electron chi connectivity index (χ0n) is 11.6. The first-order chi connectivity index (χ1) is 9.79. The quantitative estimate of drug-likeness (QED) is 0.625. The van der Waals surface area contributed by atoms with E-state index in [1.54, 1.807) is 0 Å². The number of rotatable bonds is 4. The number of hydrogen-bond acceptors (Lipinski definition) is 4. The smallest absolute Gasteiger partial charge is 0.338 e. The fourth-order valence-corrected chi connectivity index (χ4v) is 3.47. The number of aryl methyl sites for hydroxylation is 1. The molecule has 0 unspecified atom stereocenters. The van der Waals surface area contributed by atoms with Crippen LogP contribution in [0.15, 0.2) is 17.0 Å². The maximum atomic E-state index is 13.8. The molecule has 1 aliphatic carbocycles. The Morgan fingerprint density at radius 1 is 1.38 bits per heavy atom. The van der Waals surface area contributed by atoms with Crippen LogP contribution in [-0.2, 0) is 13.8 Å². The Hall–Kier alpha value is -1.14. The zero-order chi connectivity index (χ0) is 15.6. The van der Waals surface area contributed by atoms with Crippen LogP contribution in [-0.4, -0.2) is 21.0 Å². The van der Waals surface area contributed by atoms with Crippen LogP contribution in [0, 0.1) is 18.7 Å². The van der Waals surface area contributed by atoms with Crippen LogP contribution in [0.25, 0.3) is 0 Å². The number of esters is 1. The molecule has 0 N–H and O–H groups in total. The number of ether oxygens (including phenoxy) is 1. The van der Waals surface area contributed by atoms with Gasteiger partial charge in [-0.05, 0) is 43.4 Å². The first kappa shape index (κ1) is 16.2. The minimum absolute atomic E-state index is 0.00822. The lowest BCUT2D eigenvalue weighted by atomic mass is 10.1. The van der Waals surface area contributed by atoms with E-state index in [2.05, 4.69) is 0 Å². The second-order valence-corrected chi connectivity index (χ2v) is 7.83.